The molecule has 0 aromatic heterocycles. The lowest BCUT2D eigenvalue weighted by Crippen LogP contribution is -2.38. The van der Waals surface area contributed by atoms with E-state index >= 15 is 0 Å². The summed E-state index contributed by atoms with van der Waals surface area (Å²) in [6.45, 7) is 1.55. The molecular formula is C17H18FNO3. The zero-order chi connectivity index (χ0) is 16.2. The van der Waals surface area contributed by atoms with Crippen molar-refractivity contribution in [2.24, 2.45) is 0 Å². The number of benzene rings is 2. The third kappa shape index (κ3) is 3.62. The minimum atomic E-state index is -1.30. The van der Waals surface area contributed by atoms with Gasteiger partial charge in [0.2, 0.25) is 0 Å². The van der Waals surface area contributed by atoms with E-state index in [0.717, 1.165) is 0 Å². The van der Waals surface area contributed by atoms with Gasteiger partial charge in [-0.3, -0.25) is 4.79 Å². The molecule has 1 unspecified atom stereocenters. The van der Waals surface area contributed by atoms with Gasteiger partial charge in [0.25, 0.3) is 5.91 Å². The monoisotopic (exact) mass is 303 g/mol. The summed E-state index contributed by atoms with van der Waals surface area (Å²) in [5.74, 6) is -0.265. The van der Waals surface area contributed by atoms with Crippen LogP contribution in [0.15, 0.2) is 48.5 Å². The SMILES string of the molecule is COc1ccccc1C(=O)NCC(C)(O)c1ccc(F)cc1. The Labute approximate surface area is 128 Å². The zero-order valence-electron chi connectivity index (χ0n) is 12.5. The molecular weight excluding hydrogens is 285 g/mol. The van der Waals surface area contributed by atoms with Crippen molar-refractivity contribution in [3.8, 4) is 5.75 Å². The van der Waals surface area contributed by atoms with Crippen molar-refractivity contribution >= 4 is 5.91 Å². The van der Waals surface area contributed by atoms with Gasteiger partial charge in [0.1, 0.15) is 17.2 Å². The molecule has 2 aromatic carbocycles. The van der Waals surface area contributed by atoms with Crippen LogP contribution in [0, 0.1) is 5.82 Å². The van der Waals surface area contributed by atoms with E-state index in [-0.39, 0.29) is 18.3 Å². The van der Waals surface area contributed by atoms with E-state index < -0.39 is 5.60 Å². The lowest BCUT2D eigenvalue weighted by molar-refractivity contribution is 0.0525. The highest BCUT2D eigenvalue weighted by Gasteiger charge is 2.24. The number of hydrogen-bond donors (Lipinski definition) is 2. The molecule has 0 radical (unpaired) electrons. The molecule has 0 spiro atoms. The van der Waals surface area contributed by atoms with Gasteiger partial charge in [0, 0.05) is 0 Å². The number of ether oxygens (including phenoxy) is 1. The molecule has 0 aliphatic rings. The number of aliphatic hydroxyl groups is 1. The van der Waals surface area contributed by atoms with Crippen molar-refractivity contribution in [2.45, 2.75) is 12.5 Å². The van der Waals surface area contributed by atoms with Crippen LogP contribution in [0.25, 0.3) is 0 Å². The summed E-state index contributed by atoms with van der Waals surface area (Å²) in [4.78, 5) is 12.2. The van der Waals surface area contributed by atoms with Crippen molar-refractivity contribution in [1.29, 1.82) is 0 Å². The average Bonchev–Trinajstić information content (AvgIpc) is 2.53. The van der Waals surface area contributed by atoms with E-state index in [0.29, 0.717) is 16.9 Å². The summed E-state index contributed by atoms with van der Waals surface area (Å²) in [6.07, 6.45) is 0. The van der Waals surface area contributed by atoms with Crippen LogP contribution >= 0.6 is 0 Å². The van der Waals surface area contributed by atoms with Crippen molar-refractivity contribution < 1.29 is 19.0 Å². The van der Waals surface area contributed by atoms with E-state index in [9.17, 15) is 14.3 Å². The van der Waals surface area contributed by atoms with Crippen LogP contribution in [0.4, 0.5) is 4.39 Å². The molecule has 116 valence electrons. The lowest BCUT2D eigenvalue weighted by Gasteiger charge is -2.24. The Hall–Kier alpha value is -2.40. The molecule has 0 saturated carbocycles. The van der Waals surface area contributed by atoms with Crippen LogP contribution in [-0.4, -0.2) is 24.7 Å². The standard InChI is InChI=1S/C17H18FNO3/c1-17(21,12-7-9-13(18)10-8-12)11-19-16(20)14-5-3-4-6-15(14)22-2/h3-10,21H,11H2,1-2H3,(H,19,20). The number of nitrogens with one attached hydrogen (secondary N) is 1. The van der Waals surface area contributed by atoms with Crippen LogP contribution in [0.5, 0.6) is 5.75 Å². The summed E-state index contributed by atoms with van der Waals surface area (Å²) >= 11 is 0. The highest BCUT2D eigenvalue weighted by molar-refractivity contribution is 5.96. The number of hydrogen-bond acceptors (Lipinski definition) is 3. The van der Waals surface area contributed by atoms with Crippen molar-refractivity contribution in [3.05, 3.63) is 65.5 Å². The normalized spacial score (nSPS) is 13.3. The third-order valence-corrected chi connectivity index (χ3v) is 3.41. The minimum absolute atomic E-state index is 0.00445. The first-order chi connectivity index (χ1) is 10.4. The maximum Gasteiger partial charge on any atom is 0.255 e. The summed E-state index contributed by atoms with van der Waals surface area (Å²) < 4.78 is 18.1. The van der Waals surface area contributed by atoms with E-state index in [2.05, 4.69) is 5.32 Å². The van der Waals surface area contributed by atoms with Crippen LogP contribution in [-0.2, 0) is 5.60 Å². The van der Waals surface area contributed by atoms with Crippen LogP contribution in [0.3, 0.4) is 0 Å². The zero-order valence-corrected chi connectivity index (χ0v) is 12.5. The maximum absolute atomic E-state index is 12.9. The summed E-state index contributed by atoms with van der Waals surface area (Å²) in [5.41, 5.74) is -0.389. The van der Waals surface area contributed by atoms with Crippen molar-refractivity contribution in [2.75, 3.05) is 13.7 Å². The molecule has 4 nitrogen and oxygen atoms in total. The van der Waals surface area contributed by atoms with Crippen LogP contribution in [0.2, 0.25) is 0 Å². The van der Waals surface area contributed by atoms with E-state index in [1.807, 2.05) is 0 Å². The maximum atomic E-state index is 12.9. The van der Waals surface area contributed by atoms with Crippen molar-refractivity contribution in [3.63, 3.8) is 0 Å². The Kier molecular flexibility index (Phi) is 4.78. The number of carbonyl (C=O) groups excluding carboxylic acids is 1. The second kappa shape index (κ2) is 6.58. The first-order valence-electron chi connectivity index (χ1n) is 6.83. The molecule has 2 aromatic rings. The van der Waals surface area contributed by atoms with Gasteiger partial charge in [-0.1, -0.05) is 24.3 Å². The molecule has 2 rings (SSSR count). The van der Waals surface area contributed by atoms with Crippen LogP contribution < -0.4 is 10.1 Å². The van der Waals surface area contributed by atoms with Gasteiger partial charge in [-0.2, -0.15) is 0 Å². The Bertz CT molecular complexity index is 653. The van der Waals surface area contributed by atoms with E-state index in [4.69, 9.17) is 4.74 Å². The first kappa shape index (κ1) is 16.0. The van der Waals surface area contributed by atoms with Gasteiger partial charge >= 0.3 is 0 Å². The highest BCUT2D eigenvalue weighted by atomic mass is 19.1. The number of carbonyl (C=O) groups is 1. The molecule has 5 heteroatoms. The van der Waals surface area contributed by atoms with Gasteiger partial charge in [0.15, 0.2) is 0 Å². The smallest absolute Gasteiger partial charge is 0.255 e. The molecule has 0 aliphatic heterocycles. The number of rotatable bonds is 5. The fraction of sp³-hybridized carbons (Fsp3) is 0.235. The average molecular weight is 303 g/mol. The molecule has 0 bridgehead atoms. The highest BCUT2D eigenvalue weighted by Crippen LogP contribution is 2.21. The summed E-state index contributed by atoms with van der Waals surface area (Å²) in [6, 6.07) is 12.3. The van der Waals surface area contributed by atoms with Gasteiger partial charge in [0.05, 0.1) is 19.2 Å². The number of halogens is 1. The molecule has 2 N–H and O–H groups in total. The van der Waals surface area contributed by atoms with E-state index in [1.165, 1.54) is 31.4 Å². The molecule has 0 heterocycles. The van der Waals surface area contributed by atoms with E-state index in [1.54, 1.807) is 31.2 Å². The Morgan fingerprint density at radius 3 is 2.50 bits per heavy atom. The quantitative estimate of drug-likeness (QED) is 0.892. The van der Waals surface area contributed by atoms with Crippen LogP contribution in [0.1, 0.15) is 22.8 Å². The predicted octanol–water partition coefficient (Wildman–Crippen LogP) is 2.47. The molecule has 1 atom stereocenters. The number of methoxy groups -OCH3 is 1. The van der Waals surface area contributed by atoms with Crippen molar-refractivity contribution in [1.82, 2.24) is 5.32 Å². The molecule has 0 saturated heterocycles. The van der Waals surface area contributed by atoms with Gasteiger partial charge in [-0.15, -0.1) is 0 Å². The largest absolute Gasteiger partial charge is 0.496 e. The van der Waals surface area contributed by atoms with Gasteiger partial charge in [-0.05, 0) is 36.8 Å². The first-order valence-corrected chi connectivity index (χ1v) is 6.83. The van der Waals surface area contributed by atoms with Gasteiger partial charge in [-0.25, -0.2) is 4.39 Å². The third-order valence-electron chi connectivity index (χ3n) is 3.41. The summed E-state index contributed by atoms with van der Waals surface area (Å²) in [7, 11) is 1.49. The fourth-order valence-corrected chi connectivity index (χ4v) is 2.09. The topological polar surface area (TPSA) is 58.6 Å². The minimum Gasteiger partial charge on any atom is -0.496 e. The molecule has 0 fully saturated rings. The fourth-order valence-electron chi connectivity index (χ4n) is 2.09. The number of amides is 1. The number of para-hydroxylation sites is 1. The molecule has 1 amide bonds. The molecule has 0 aliphatic carbocycles. The lowest BCUT2D eigenvalue weighted by atomic mass is 9.96. The second-order valence-corrected chi connectivity index (χ2v) is 5.16. The predicted molar refractivity (Wildman–Crippen MR) is 81.3 cm³/mol. The van der Waals surface area contributed by atoms with Gasteiger partial charge < -0.3 is 15.2 Å². The Balaban J connectivity index is 2.08. The Morgan fingerprint density at radius 1 is 1.23 bits per heavy atom. The Morgan fingerprint density at radius 2 is 1.86 bits per heavy atom. The molecule has 22 heavy (non-hydrogen) atoms. The second-order valence-electron chi connectivity index (χ2n) is 5.16. The summed E-state index contributed by atoms with van der Waals surface area (Å²) in [5, 5.41) is 13.1.